The van der Waals surface area contributed by atoms with Gasteiger partial charge in [0.1, 0.15) is 6.04 Å². The maximum atomic E-state index is 12.6. The van der Waals surface area contributed by atoms with Crippen molar-refractivity contribution in [2.75, 3.05) is 0 Å². The number of rotatable bonds is 6. The van der Waals surface area contributed by atoms with Crippen molar-refractivity contribution >= 4 is 11.9 Å². The summed E-state index contributed by atoms with van der Waals surface area (Å²) in [7, 11) is 0. The predicted molar refractivity (Wildman–Crippen MR) is 92.2 cm³/mol. The van der Waals surface area contributed by atoms with Gasteiger partial charge in [-0.1, -0.05) is 0 Å². The molecule has 0 bridgehead atoms. The number of nitrogens with zero attached hydrogens (tertiary/aromatic N) is 1. The molecule has 0 N–H and O–H groups in total. The highest BCUT2D eigenvalue weighted by Gasteiger charge is 2.42. The van der Waals surface area contributed by atoms with Crippen LogP contribution in [-0.2, 0) is 19.1 Å². The largest absolute Gasteiger partial charge is 0.463 e. The zero-order chi connectivity index (χ0) is 18.6. The van der Waals surface area contributed by atoms with Crippen LogP contribution >= 0.6 is 0 Å². The summed E-state index contributed by atoms with van der Waals surface area (Å²) in [4.78, 5) is 26.8. The highest BCUT2D eigenvalue weighted by molar-refractivity contribution is 5.83. The van der Waals surface area contributed by atoms with Crippen molar-refractivity contribution in [2.45, 2.75) is 105 Å². The Morgan fingerprint density at radius 1 is 0.826 bits per heavy atom. The van der Waals surface area contributed by atoms with Crippen molar-refractivity contribution < 1.29 is 19.1 Å². The van der Waals surface area contributed by atoms with Crippen molar-refractivity contribution in [1.29, 1.82) is 0 Å². The van der Waals surface area contributed by atoms with Gasteiger partial charge in [-0.25, -0.2) is 0 Å². The van der Waals surface area contributed by atoms with E-state index >= 15 is 0 Å². The Kier molecular flexibility index (Phi) is 7.74. The lowest BCUT2D eigenvalue weighted by Gasteiger charge is -2.48. The maximum Gasteiger partial charge on any atom is 0.324 e. The molecular weight excluding hydrogens is 294 g/mol. The second-order valence-electron chi connectivity index (χ2n) is 8.46. The molecule has 1 unspecified atom stereocenters. The molecule has 0 aromatic carbocycles. The first-order valence-corrected chi connectivity index (χ1v) is 8.35. The monoisotopic (exact) mass is 329 g/mol. The van der Waals surface area contributed by atoms with E-state index in [9.17, 15) is 9.59 Å². The number of hydrogen-bond acceptors (Lipinski definition) is 5. The van der Waals surface area contributed by atoms with Gasteiger partial charge in [0, 0.05) is 11.1 Å². The third-order valence-corrected chi connectivity index (χ3v) is 3.11. The van der Waals surface area contributed by atoms with Gasteiger partial charge in [-0.3, -0.25) is 14.5 Å². The van der Waals surface area contributed by atoms with Gasteiger partial charge >= 0.3 is 11.9 Å². The molecule has 0 aliphatic heterocycles. The molecule has 0 spiro atoms. The molecule has 23 heavy (non-hydrogen) atoms. The summed E-state index contributed by atoms with van der Waals surface area (Å²) in [5.74, 6) is -0.769. The topological polar surface area (TPSA) is 55.8 Å². The van der Waals surface area contributed by atoms with Crippen molar-refractivity contribution in [3.63, 3.8) is 0 Å². The molecule has 0 saturated carbocycles. The van der Waals surface area contributed by atoms with Crippen molar-refractivity contribution in [3.8, 4) is 0 Å². The van der Waals surface area contributed by atoms with Crippen molar-refractivity contribution in [3.05, 3.63) is 0 Å². The van der Waals surface area contributed by atoms with E-state index in [1.54, 1.807) is 27.7 Å². The molecule has 0 heterocycles. The minimum atomic E-state index is -0.677. The zero-order valence-electron chi connectivity index (χ0n) is 16.5. The van der Waals surface area contributed by atoms with Gasteiger partial charge < -0.3 is 9.47 Å². The van der Waals surface area contributed by atoms with Gasteiger partial charge in [-0.2, -0.15) is 0 Å². The SMILES string of the molecule is CC(C)OC(=O)CC(C(=O)OC(C)C)N(C(C)(C)C)C(C)(C)C. The Hall–Kier alpha value is -1.10. The van der Waals surface area contributed by atoms with Crippen LogP contribution in [0.4, 0.5) is 0 Å². The maximum absolute atomic E-state index is 12.6. The quantitative estimate of drug-likeness (QED) is 0.698. The lowest BCUT2D eigenvalue weighted by atomic mass is 9.91. The fourth-order valence-electron chi connectivity index (χ4n) is 3.00. The fraction of sp³-hybridized carbons (Fsp3) is 0.889. The summed E-state index contributed by atoms with van der Waals surface area (Å²) in [5.41, 5.74) is -0.617. The molecule has 5 heteroatoms. The van der Waals surface area contributed by atoms with Gasteiger partial charge in [0.2, 0.25) is 0 Å². The van der Waals surface area contributed by atoms with E-state index in [0.717, 1.165) is 0 Å². The summed E-state index contributed by atoms with van der Waals surface area (Å²) >= 11 is 0. The van der Waals surface area contributed by atoms with Gasteiger partial charge in [-0.15, -0.1) is 0 Å². The van der Waals surface area contributed by atoms with Gasteiger partial charge in [0.05, 0.1) is 18.6 Å². The molecule has 0 saturated heterocycles. The first-order valence-electron chi connectivity index (χ1n) is 8.35. The molecule has 5 nitrogen and oxygen atoms in total. The molecular formula is C18H35NO4. The summed E-state index contributed by atoms with van der Waals surface area (Å²) < 4.78 is 10.6. The first kappa shape index (κ1) is 21.9. The molecule has 0 fully saturated rings. The molecule has 0 rings (SSSR count). The summed E-state index contributed by atoms with van der Waals surface area (Å²) in [6.45, 7) is 19.4. The lowest BCUT2D eigenvalue weighted by Crippen LogP contribution is -2.61. The average molecular weight is 329 g/mol. The smallest absolute Gasteiger partial charge is 0.324 e. The van der Waals surface area contributed by atoms with E-state index in [-0.39, 0.29) is 41.6 Å². The number of esters is 2. The van der Waals surface area contributed by atoms with Gasteiger partial charge in [0.15, 0.2) is 0 Å². The van der Waals surface area contributed by atoms with Crippen LogP contribution in [0, 0.1) is 0 Å². The summed E-state index contributed by atoms with van der Waals surface area (Å²) in [6, 6.07) is -0.677. The van der Waals surface area contributed by atoms with Gasteiger partial charge in [-0.05, 0) is 69.2 Å². The van der Waals surface area contributed by atoms with Crippen LogP contribution in [-0.4, -0.2) is 46.2 Å². The van der Waals surface area contributed by atoms with Gasteiger partial charge in [0.25, 0.3) is 0 Å². The highest BCUT2D eigenvalue weighted by Crippen LogP contribution is 2.30. The number of hydrogen-bond donors (Lipinski definition) is 0. The molecule has 0 amide bonds. The highest BCUT2D eigenvalue weighted by atomic mass is 16.6. The van der Waals surface area contributed by atoms with Crippen LogP contribution in [0.1, 0.15) is 75.7 Å². The number of ether oxygens (including phenoxy) is 2. The average Bonchev–Trinajstić information content (AvgIpc) is 2.21. The fourth-order valence-corrected chi connectivity index (χ4v) is 3.00. The zero-order valence-corrected chi connectivity index (χ0v) is 16.5. The van der Waals surface area contributed by atoms with E-state index in [4.69, 9.17) is 9.47 Å². The van der Waals surface area contributed by atoms with Crippen LogP contribution in [0.3, 0.4) is 0 Å². The van der Waals surface area contributed by atoms with E-state index in [1.165, 1.54) is 0 Å². The molecule has 1 atom stereocenters. The first-order chi connectivity index (χ1) is 10.2. The minimum Gasteiger partial charge on any atom is -0.463 e. The third kappa shape index (κ3) is 7.82. The lowest BCUT2D eigenvalue weighted by molar-refractivity contribution is -0.167. The van der Waals surface area contributed by atoms with Crippen LogP contribution in [0.2, 0.25) is 0 Å². The molecule has 0 aromatic rings. The Balaban J connectivity index is 5.62. The third-order valence-electron chi connectivity index (χ3n) is 3.11. The van der Waals surface area contributed by atoms with Crippen LogP contribution in [0.15, 0.2) is 0 Å². The van der Waals surface area contributed by atoms with Crippen LogP contribution < -0.4 is 0 Å². The Bertz CT molecular complexity index is 388. The molecule has 0 aliphatic rings. The molecule has 0 radical (unpaired) electrons. The number of carbonyl (C=O) groups is 2. The van der Waals surface area contributed by atoms with Crippen molar-refractivity contribution in [1.82, 2.24) is 4.90 Å². The molecule has 0 aliphatic carbocycles. The summed E-state index contributed by atoms with van der Waals surface area (Å²) in [6.07, 6.45) is -0.451. The molecule has 136 valence electrons. The summed E-state index contributed by atoms with van der Waals surface area (Å²) in [5, 5.41) is 0. The second kappa shape index (κ2) is 8.13. The normalized spacial score (nSPS) is 14.3. The Morgan fingerprint density at radius 2 is 1.22 bits per heavy atom. The Labute approximate surface area is 141 Å². The predicted octanol–water partition coefficient (Wildman–Crippen LogP) is 3.55. The van der Waals surface area contributed by atoms with Crippen LogP contribution in [0.5, 0.6) is 0 Å². The van der Waals surface area contributed by atoms with Crippen LogP contribution in [0.25, 0.3) is 0 Å². The molecule has 0 aromatic heterocycles. The number of carbonyl (C=O) groups excluding carboxylic acids is 2. The van der Waals surface area contributed by atoms with E-state index in [2.05, 4.69) is 0 Å². The van der Waals surface area contributed by atoms with Crippen molar-refractivity contribution in [2.24, 2.45) is 0 Å². The Morgan fingerprint density at radius 3 is 1.52 bits per heavy atom. The minimum absolute atomic E-state index is 0.0156. The van der Waals surface area contributed by atoms with E-state index in [1.807, 2.05) is 46.4 Å². The standard InChI is InChI=1S/C18H35NO4/c1-12(2)22-15(20)11-14(16(21)23-13(3)4)19(17(5,6)7)18(8,9)10/h12-14H,11H2,1-10H3. The second-order valence-corrected chi connectivity index (χ2v) is 8.46. The van der Waals surface area contributed by atoms with E-state index < -0.39 is 6.04 Å². The van der Waals surface area contributed by atoms with E-state index in [0.29, 0.717) is 0 Å².